The maximum Gasteiger partial charge on any atom is 0.241 e. The van der Waals surface area contributed by atoms with Crippen LogP contribution in [0.25, 0.3) is 0 Å². The van der Waals surface area contributed by atoms with Gasteiger partial charge in [0.25, 0.3) is 0 Å². The molecule has 0 unspecified atom stereocenters. The third-order valence-electron chi connectivity index (χ3n) is 2.73. The average molecular weight is 292 g/mol. The van der Waals surface area contributed by atoms with Gasteiger partial charge in [-0.05, 0) is 27.0 Å². The second kappa shape index (κ2) is 6.63. The van der Waals surface area contributed by atoms with E-state index in [0.29, 0.717) is 24.0 Å². The Morgan fingerprint density at radius 1 is 1.50 bits per heavy atom. The standard InChI is InChI=1S/C11H20N2O3S2/c1-9(2)13(3)5-4-12-18(15,16)11-6-10(7-14)17-8-11/h6,8-9,12,14H,4-5,7H2,1-3H3. The van der Waals surface area contributed by atoms with Crippen LogP contribution < -0.4 is 4.72 Å². The van der Waals surface area contributed by atoms with Crippen molar-refractivity contribution in [2.75, 3.05) is 20.1 Å². The van der Waals surface area contributed by atoms with Gasteiger partial charge in [-0.15, -0.1) is 11.3 Å². The second-order valence-corrected chi connectivity index (χ2v) is 7.14. The van der Waals surface area contributed by atoms with Gasteiger partial charge < -0.3 is 10.0 Å². The lowest BCUT2D eigenvalue weighted by Crippen LogP contribution is -2.36. The number of rotatable bonds is 7. The molecular weight excluding hydrogens is 272 g/mol. The summed E-state index contributed by atoms with van der Waals surface area (Å²) in [7, 11) is -1.50. The van der Waals surface area contributed by atoms with Gasteiger partial charge >= 0.3 is 0 Å². The average Bonchev–Trinajstić information content (AvgIpc) is 2.77. The molecule has 1 aromatic rings. The van der Waals surface area contributed by atoms with Crippen LogP contribution in [0, 0.1) is 0 Å². The van der Waals surface area contributed by atoms with Gasteiger partial charge in [-0.2, -0.15) is 0 Å². The minimum atomic E-state index is -3.45. The summed E-state index contributed by atoms with van der Waals surface area (Å²) in [4.78, 5) is 2.94. The van der Waals surface area contributed by atoms with Crippen LogP contribution in [0.3, 0.4) is 0 Å². The van der Waals surface area contributed by atoms with Gasteiger partial charge in [-0.1, -0.05) is 0 Å². The van der Waals surface area contributed by atoms with Gasteiger partial charge in [0.15, 0.2) is 0 Å². The predicted octanol–water partition coefficient (Wildman–Crippen LogP) is 0.859. The highest BCUT2D eigenvalue weighted by Gasteiger charge is 2.16. The molecule has 2 N–H and O–H groups in total. The lowest BCUT2D eigenvalue weighted by molar-refractivity contribution is 0.278. The van der Waals surface area contributed by atoms with Gasteiger partial charge in [0.2, 0.25) is 10.0 Å². The fourth-order valence-corrected chi connectivity index (χ4v) is 3.44. The van der Waals surface area contributed by atoms with Crippen LogP contribution in [0.5, 0.6) is 0 Å². The number of hydrogen-bond acceptors (Lipinski definition) is 5. The molecule has 1 heterocycles. The molecule has 0 amide bonds. The largest absolute Gasteiger partial charge is 0.391 e. The van der Waals surface area contributed by atoms with Crippen LogP contribution >= 0.6 is 11.3 Å². The van der Waals surface area contributed by atoms with Crippen molar-refractivity contribution in [3.8, 4) is 0 Å². The smallest absolute Gasteiger partial charge is 0.241 e. The van der Waals surface area contributed by atoms with E-state index in [2.05, 4.69) is 23.5 Å². The normalized spacial score (nSPS) is 12.6. The Morgan fingerprint density at radius 3 is 2.67 bits per heavy atom. The van der Waals surface area contributed by atoms with Crippen LogP contribution in [0.1, 0.15) is 18.7 Å². The Balaban J connectivity index is 2.55. The van der Waals surface area contributed by atoms with E-state index >= 15 is 0 Å². The monoisotopic (exact) mass is 292 g/mol. The second-order valence-electron chi connectivity index (χ2n) is 4.38. The van der Waals surface area contributed by atoms with E-state index in [9.17, 15) is 8.42 Å². The number of aliphatic hydroxyl groups excluding tert-OH is 1. The molecule has 0 aliphatic heterocycles. The topological polar surface area (TPSA) is 69.6 Å². The number of nitrogens with one attached hydrogen (secondary N) is 1. The Hall–Kier alpha value is -0.470. The molecule has 0 saturated carbocycles. The van der Waals surface area contributed by atoms with Gasteiger partial charge in [0, 0.05) is 29.4 Å². The molecule has 0 aromatic carbocycles. The summed E-state index contributed by atoms with van der Waals surface area (Å²) in [6.07, 6.45) is 0. The molecule has 18 heavy (non-hydrogen) atoms. The van der Waals surface area contributed by atoms with Crippen molar-refractivity contribution in [3.05, 3.63) is 16.3 Å². The van der Waals surface area contributed by atoms with Crippen molar-refractivity contribution in [3.63, 3.8) is 0 Å². The minimum Gasteiger partial charge on any atom is -0.391 e. The summed E-state index contributed by atoms with van der Waals surface area (Å²) >= 11 is 1.24. The molecule has 0 aliphatic rings. The van der Waals surface area contributed by atoms with Gasteiger partial charge in [-0.25, -0.2) is 13.1 Å². The van der Waals surface area contributed by atoms with Crippen molar-refractivity contribution in [2.45, 2.75) is 31.4 Å². The number of hydrogen-bond donors (Lipinski definition) is 2. The minimum absolute atomic E-state index is 0.129. The van der Waals surface area contributed by atoms with Crippen LogP contribution in [0.2, 0.25) is 0 Å². The Labute approximate surface area is 112 Å². The Kier molecular flexibility index (Phi) is 5.74. The summed E-state index contributed by atoms with van der Waals surface area (Å²) in [6.45, 7) is 5.02. The van der Waals surface area contributed by atoms with E-state index in [4.69, 9.17) is 5.11 Å². The highest BCUT2D eigenvalue weighted by atomic mass is 32.2. The first-order chi connectivity index (χ1) is 8.36. The fourth-order valence-electron chi connectivity index (χ4n) is 1.28. The van der Waals surface area contributed by atoms with Crippen LogP contribution in [-0.2, 0) is 16.6 Å². The molecular formula is C11H20N2O3S2. The van der Waals surface area contributed by atoms with Crippen molar-refractivity contribution in [1.29, 1.82) is 0 Å². The van der Waals surface area contributed by atoms with Crippen molar-refractivity contribution in [1.82, 2.24) is 9.62 Å². The first-order valence-electron chi connectivity index (χ1n) is 5.75. The summed E-state index contributed by atoms with van der Waals surface area (Å²) in [5, 5.41) is 10.5. The van der Waals surface area contributed by atoms with E-state index in [1.807, 2.05) is 7.05 Å². The molecule has 0 atom stereocenters. The number of thiophene rings is 1. The molecule has 0 aliphatic carbocycles. The Morgan fingerprint density at radius 2 is 2.17 bits per heavy atom. The number of likely N-dealkylation sites (N-methyl/N-ethyl adjacent to an activating group) is 1. The first-order valence-corrected chi connectivity index (χ1v) is 8.11. The van der Waals surface area contributed by atoms with Crippen LogP contribution in [-0.4, -0.2) is 44.6 Å². The van der Waals surface area contributed by atoms with Crippen molar-refractivity contribution < 1.29 is 13.5 Å². The molecule has 1 rings (SSSR count). The third-order valence-corrected chi connectivity index (χ3v) is 5.25. The zero-order chi connectivity index (χ0) is 13.8. The quantitative estimate of drug-likeness (QED) is 0.782. The summed E-state index contributed by atoms with van der Waals surface area (Å²) in [6, 6.07) is 1.88. The van der Waals surface area contributed by atoms with Gasteiger partial charge in [-0.3, -0.25) is 0 Å². The maximum atomic E-state index is 11.9. The first kappa shape index (κ1) is 15.6. The zero-order valence-corrected chi connectivity index (χ0v) is 12.5. The van der Waals surface area contributed by atoms with Gasteiger partial charge in [0.1, 0.15) is 0 Å². The molecule has 0 radical (unpaired) electrons. The van der Waals surface area contributed by atoms with E-state index in [1.54, 1.807) is 5.38 Å². The molecule has 0 bridgehead atoms. The summed E-state index contributed by atoms with van der Waals surface area (Å²) in [5.41, 5.74) is 0. The number of aliphatic hydroxyl groups is 1. The van der Waals surface area contributed by atoms with E-state index in [1.165, 1.54) is 17.4 Å². The maximum absolute atomic E-state index is 11.9. The lowest BCUT2D eigenvalue weighted by atomic mass is 10.3. The van der Waals surface area contributed by atoms with E-state index in [0.717, 1.165) is 0 Å². The molecule has 0 fully saturated rings. The lowest BCUT2D eigenvalue weighted by Gasteiger charge is -2.20. The van der Waals surface area contributed by atoms with Crippen LogP contribution in [0.4, 0.5) is 0 Å². The number of nitrogens with zero attached hydrogens (tertiary/aromatic N) is 1. The Bertz CT molecular complexity index is 468. The molecule has 5 nitrogen and oxygen atoms in total. The third kappa shape index (κ3) is 4.33. The molecule has 1 aromatic heterocycles. The highest BCUT2D eigenvalue weighted by molar-refractivity contribution is 7.89. The van der Waals surface area contributed by atoms with Crippen molar-refractivity contribution in [2.24, 2.45) is 0 Å². The summed E-state index contributed by atoms with van der Waals surface area (Å²) in [5.74, 6) is 0. The van der Waals surface area contributed by atoms with E-state index < -0.39 is 10.0 Å². The summed E-state index contributed by atoms with van der Waals surface area (Å²) < 4.78 is 26.4. The van der Waals surface area contributed by atoms with E-state index in [-0.39, 0.29) is 11.5 Å². The zero-order valence-electron chi connectivity index (χ0n) is 10.9. The molecule has 7 heteroatoms. The SMILES string of the molecule is CC(C)N(C)CCNS(=O)(=O)c1csc(CO)c1. The predicted molar refractivity (Wildman–Crippen MR) is 73.2 cm³/mol. The van der Waals surface area contributed by atoms with Crippen LogP contribution in [0.15, 0.2) is 16.3 Å². The highest BCUT2D eigenvalue weighted by Crippen LogP contribution is 2.18. The van der Waals surface area contributed by atoms with Gasteiger partial charge in [0.05, 0.1) is 11.5 Å². The number of sulfonamides is 1. The molecule has 0 spiro atoms. The molecule has 0 saturated heterocycles. The molecule has 104 valence electrons. The fraction of sp³-hybridized carbons (Fsp3) is 0.636. The van der Waals surface area contributed by atoms with Crippen molar-refractivity contribution >= 4 is 21.4 Å².